The third-order valence-electron chi connectivity index (χ3n) is 6.25. The van der Waals surface area contributed by atoms with Crippen LogP contribution in [0.15, 0.2) is 11.6 Å². The molecule has 0 aliphatic heterocycles. The number of unbranched alkanes of at least 4 members (excludes halogenated alkanes) is 20. The van der Waals surface area contributed by atoms with E-state index >= 15 is 0 Å². The highest BCUT2D eigenvalue weighted by Crippen LogP contribution is 2.16. The van der Waals surface area contributed by atoms with Gasteiger partial charge in [0.15, 0.2) is 0 Å². The van der Waals surface area contributed by atoms with E-state index in [2.05, 4.69) is 13.8 Å². The largest absolute Gasteiger partial charge is 0.478 e. The number of hydrogen-bond acceptors (Lipinski definition) is 1. The molecular formula is C28H54O2. The number of carbonyl (C=O) groups is 1. The van der Waals surface area contributed by atoms with Gasteiger partial charge in [0.05, 0.1) is 0 Å². The second kappa shape index (κ2) is 24.5. The van der Waals surface area contributed by atoms with E-state index in [4.69, 9.17) is 0 Å². The summed E-state index contributed by atoms with van der Waals surface area (Å²) >= 11 is 0. The molecule has 0 unspecified atom stereocenters. The Labute approximate surface area is 189 Å². The summed E-state index contributed by atoms with van der Waals surface area (Å²) in [5.41, 5.74) is 0.624. The summed E-state index contributed by atoms with van der Waals surface area (Å²) in [5.74, 6) is -0.721. The summed E-state index contributed by atoms with van der Waals surface area (Å²) in [6.45, 7) is 4.38. The van der Waals surface area contributed by atoms with Gasteiger partial charge in [-0.2, -0.15) is 0 Å². The minimum atomic E-state index is -0.721. The number of rotatable bonds is 24. The smallest absolute Gasteiger partial charge is 0.331 e. The van der Waals surface area contributed by atoms with Crippen molar-refractivity contribution in [1.29, 1.82) is 0 Å². The lowest BCUT2D eigenvalue weighted by Gasteiger charge is -2.05. The molecule has 0 radical (unpaired) electrons. The standard InChI is InChI=1S/C28H54O2/c1-3-5-7-8-9-10-11-12-13-14-15-16-17-18-19-20-21-22-23-24-26-27(28(29)30)25-6-4-2/h25H,3-24,26H2,1-2H3,(H,29,30). The molecule has 0 rings (SSSR count). The molecule has 0 heterocycles. The predicted molar refractivity (Wildman–Crippen MR) is 133 cm³/mol. The lowest BCUT2D eigenvalue weighted by atomic mass is 10.0. The van der Waals surface area contributed by atoms with Gasteiger partial charge < -0.3 is 5.11 Å². The zero-order valence-corrected chi connectivity index (χ0v) is 20.7. The van der Waals surface area contributed by atoms with Crippen LogP contribution in [-0.4, -0.2) is 11.1 Å². The van der Waals surface area contributed by atoms with Gasteiger partial charge in [-0.1, -0.05) is 148 Å². The molecule has 2 heteroatoms. The Balaban J connectivity index is 3.22. The van der Waals surface area contributed by atoms with Crippen molar-refractivity contribution in [3.63, 3.8) is 0 Å². The van der Waals surface area contributed by atoms with E-state index in [-0.39, 0.29) is 0 Å². The Bertz CT molecular complexity index is 386. The van der Waals surface area contributed by atoms with Crippen LogP contribution in [0.5, 0.6) is 0 Å². The van der Waals surface area contributed by atoms with E-state index in [1.54, 1.807) is 0 Å². The maximum atomic E-state index is 11.2. The highest BCUT2D eigenvalue weighted by Gasteiger charge is 2.05. The third kappa shape index (κ3) is 21.9. The molecule has 2 nitrogen and oxygen atoms in total. The first-order valence-electron chi connectivity index (χ1n) is 13.6. The molecule has 0 amide bonds. The number of carboxylic acids is 1. The minimum Gasteiger partial charge on any atom is -0.478 e. The average Bonchev–Trinajstić information content (AvgIpc) is 2.74. The van der Waals surface area contributed by atoms with Crippen LogP contribution >= 0.6 is 0 Å². The predicted octanol–water partition coefficient (Wildman–Crippen LogP) is 10.0. The average molecular weight is 423 g/mol. The van der Waals surface area contributed by atoms with Crippen LogP contribution in [0.1, 0.15) is 162 Å². The molecule has 0 spiro atoms. The lowest BCUT2D eigenvalue weighted by molar-refractivity contribution is -0.132. The van der Waals surface area contributed by atoms with Gasteiger partial charge in [-0.25, -0.2) is 4.79 Å². The van der Waals surface area contributed by atoms with Crippen molar-refractivity contribution in [2.24, 2.45) is 0 Å². The van der Waals surface area contributed by atoms with Gasteiger partial charge >= 0.3 is 5.97 Å². The Morgan fingerprint density at radius 2 is 0.867 bits per heavy atom. The molecule has 0 aromatic heterocycles. The van der Waals surface area contributed by atoms with Crippen LogP contribution in [0, 0.1) is 0 Å². The summed E-state index contributed by atoms with van der Waals surface area (Å²) < 4.78 is 0. The monoisotopic (exact) mass is 422 g/mol. The normalized spacial score (nSPS) is 11.9. The summed E-state index contributed by atoms with van der Waals surface area (Å²) in [4.78, 5) is 11.2. The molecule has 0 aliphatic carbocycles. The minimum absolute atomic E-state index is 0.624. The van der Waals surface area contributed by atoms with E-state index in [1.165, 1.54) is 122 Å². The van der Waals surface area contributed by atoms with Crippen molar-refractivity contribution in [2.75, 3.05) is 0 Å². The Morgan fingerprint density at radius 1 is 0.533 bits per heavy atom. The molecule has 30 heavy (non-hydrogen) atoms. The van der Waals surface area contributed by atoms with Gasteiger partial charge in [0.2, 0.25) is 0 Å². The zero-order chi connectivity index (χ0) is 22.1. The molecule has 0 aromatic rings. The number of aliphatic carboxylic acids is 1. The molecule has 0 fully saturated rings. The first kappa shape index (κ1) is 29.2. The van der Waals surface area contributed by atoms with Crippen LogP contribution in [0.2, 0.25) is 0 Å². The maximum Gasteiger partial charge on any atom is 0.331 e. The molecule has 1 N–H and O–H groups in total. The maximum absolute atomic E-state index is 11.2. The number of hydrogen-bond donors (Lipinski definition) is 1. The number of allylic oxidation sites excluding steroid dienone is 1. The third-order valence-corrected chi connectivity index (χ3v) is 6.25. The van der Waals surface area contributed by atoms with Gasteiger partial charge in [0, 0.05) is 5.57 Å². The van der Waals surface area contributed by atoms with Crippen molar-refractivity contribution in [3.8, 4) is 0 Å². The van der Waals surface area contributed by atoms with Gasteiger partial charge in [-0.15, -0.1) is 0 Å². The van der Waals surface area contributed by atoms with Gasteiger partial charge in [-0.3, -0.25) is 0 Å². The quantitative estimate of drug-likeness (QED) is 0.124. The van der Waals surface area contributed by atoms with Crippen molar-refractivity contribution in [1.82, 2.24) is 0 Å². The highest BCUT2D eigenvalue weighted by atomic mass is 16.4. The van der Waals surface area contributed by atoms with Crippen molar-refractivity contribution in [3.05, 3.63) is 11.6 Å². The van der Waals surface area contributed by atoms with E-state index in [9.17, 15) is 9.90 Å². The fraction of sp³-hybridized carbons (Fsp3) is 0.893. The zero-order valence-electron chi connectivity index (χ0n) is 20.7. The number of carboxylic acid groups (broad SMARTS) is 1. The van der Waals surface area contributed by atoms with Crippen molar-refractivity contribution in [2.45, 2.75) is 162 Å². The molecule has 0 aliphatic rings. The van der Waals surface area contributed by atoms with Crippen LogP contribution in [-0.2, 0) is 4.79 Å². The van der Waals surface area contributed by atoms with E-state index < -0.39 is 5.97 Å². The summed E-state index contributed by atoms with van der Waals surface area (Å²) in [6, 6.07) is 0. The van der Waals surface area contributed by atoms with Gasteiger partial charge in [0.1, 0.15) is 0 Å². The van der Waals surface area contributed by atoms with E-state index in [0.29, 0.717) is 5.57 Å². The summed E-state index contributed by atoms with van der Waals surface area (Å²) in [6.07, 6.45) is 32.2. The van der Waals surface area contributed by atoms with Crippen LogP contribution in [0.4, 0.5) is 0 Å². The molecule has 0 bridgehead atoms. The Morgan fingerprint density at radius 3 is 1.17 bits per heavy atom. The highest BCUT2D eigenvalue weighted by molar-refractivity contribution is 5.86. The van der Waals surface area contributed by atoms with Gasteiger partial charge in [-0.05, 0) is 19.3 Å². The van der Waals surface area contributed by atoms with E-state index in [1.807, 2.05) is 6.08 Å². The SMILES string of the molecule is CCCC=C(CCCCCCCCCCCCCCCCCCCCCC)C(=O)O. The topological polar surface area (TPSA) is 37.3 Å². The Hall–Kier alpha value is -0.790. The first-order valence-corrected chi connectivity index (χ1v) is 13.6. The molecular weight excluding hydrogens is 368 g/mol. The van der Waals surface area contributed by atoms with E-state index in [0.717, 1.165) is 25.7 Å². The fourth-order valence-corrected chi connectivity index (χ4v) is 4.19. The summed E-state index contributed by atoms with van der Waals surface area (Å²) in [5, 5.41) is 9.19. The molecule has 178 valence electrons. The molecule has 0 saturated heterocycles. The van der Waals surface area contributed by atoms with Crippen LogP contribution < -0.4 is 0 Å². The van der Waals surface area contributed by atoms with Crippen molar-refractivity contribution >= 4 is 5.97 Å². The molecule has 0 atom stereocenters. The van der Waals surface area contributed by atoms with Gasteiger partial charge in [0.25, 0.3) is 0 Å². The lowest BCUT2D eigenvalue weighted by Crippen LogP contribution is -2.00. The first-order chi connectivity index (χ1) is 14.7. The van der Waals surface area contributed by atoms with Crippen LogP contribution in [0.25, 0.3) is 0 Å². The molecule has 0 aromatic carbocycles. The Kier molecular flexibility index (Phi) is 23.8. The fourth-order valence-electron chi connectivity index (χ4n) is 4.19. The second-order valence-electron chi connectivity index (χ2n) is 9.29. The molecule has 0 saturated carbocycles. The van der Waals surface area contributed by atoms with Crippen molar-refractivity contribution < 1.29 is 9.90 Å². The summed E-state index contributed by atoms with van der Waals surface area (Å²) in [7, 11) is 0. The second-order valence-corrected chi connectivity index (χ2v) is 9.29. The van der Waals surface area contributed by atoms with Crippen LogP contribution in [0.3, 0.4) is 0 Å².